The van der Waals surface area contributed by atoms with Crippen molar-refractivity contribution in [1.82, 2.24) is 14.9 Å². The van der Waals surface area contributed by atoms with Crippen LogP contribution in [-0.4, -0.2) is 41.6 Å². The molecule has 142 valence electrons. The van der Waals surface area contributed by atoms with Crippen LogP contribution in [0.25, 0.3) is 11.1 Å². The van der Waals surface area contributed by atoms with Crippen LogP contribution in [0.4, 0.5) is 4.39 Å². The third-order valence-electron chi connectivity index (χ3n) is 5.63. The minimum atomic E-state index is -3.35. The minimum absolute atomic E-state index is 0.0583. The third kappa shape index (κ3) is 2.82. The van der Waals surface area contributed by atoms with E-state index in [1.807, 2.05) is 24.3 Å². The summed E-state index contributed by atoms with van der Waals surface area (Å²) in [6.45, 7) is 1.82. The molecule has 2 atom stereocenters. The Hall–Kier alpha value is -2.64. The molecule has 7 heteroatoms. The molecule has 2 aromatic heterocycles. The number of rotatable bonds is 3. The molecule has 5 nitrogen and oxygen atoms in total. The Morgan fingerprint density at radius 2 is 1.89 bits per heavy atom. The monoisotopic (exact) mass is 395 g/mol. The van der Waals surface area contributed by atoms with E-state index in [0.717, 1.165) is 22.4 Å². The molecule has 1 saturated heterocycles. The zero-order chi connectivity index (χ0) is 19.3. The maximum atomic E-state index is 13.1. The molecule has 0 unspecified atom stereocenters. The number of likely N-dealkylation sites (tertiary alicyclic amines) is 1. The van der Waals surface area contributed by atoms with E-state index in [0.29, 0.717) is 24.5 Å². The van der Waals surface area contributed by atoms with Crippen molar-refractivity contribution in [2.45, 2.75) is 22.6 Å². The lowest BCUT2D eigenvalue weighted by Crippen LogP contribution is -2.26. The SMILES string of the molecule is O=S1(=O)c2ccc(-c3ccc(F)nc3)cc2[C@@H]2CN(Cc3ccccn3)C[C@@H]21. The van der Waals surface area contributed by atoms with E-state index < -0.39 is 21.0 Å². The summed E-state index contributed by atoms with van der Waals surface area (Å²) in [7, 11) is -3.35. The summed E-state index contributed by atoms with van der Waals surface area (Å²) < 4.78 is 39.2. The second-order valence-electron chi connectivity index (χ2n) is 7.33. The maximum absolute atomic E-state index is 13.1. The van der Waals surface area contributed by atoms with Crippen molar-refractivity contribution in [3.63, 3.8) is 0 Å². The number of hydrogen-bond donors (Lipinski definition) is 0. The van der Waals surface area contributed by atoms with Crippen molar-refractivity contribution in [2.75, 3.05) is 13.1 Å². The number of fused-ring (bicyclic) bond motifs is 3. The lowest BCUT2D eigenvalue weighted by atomic mass is 9.95. The van der Waals surface area contributed by atoms with Crippen molar-refractivity contribution in [3.05, 3.63) is 78.1 Å². The van der Waals surface area contributed by atoms with Crippen LogP contribution in [0.5, 0.6) is 0 Å². The van der Waals surface area contributed by atoms with Crippen LogP contribution in [0, 0.1) is 5.95 Å². The van der Waals surface area contributed by atoms with Gasteiger partial charge in [-0.3, -0.25) is 9.88 Å². The van der Waals surface area contributed by atoms with Gasteiger partial charge in [0.25, 0.3) is 0 Å². The van der Waals surface area contributed by atoms with Crippen LogP contribution in [0.2, 0.25) is 0 Å². The van der Waals surface area contributed by atoms with Crippen LogP contribution < -0.4 is 0 Å². The van der Waals surface area contributed by atoms with Crippen molar-refractivity contribution in [2.24, 2.45) is 0 Å². The first-order valence-electron chi connectivity index (χ1n) is 9.14. The van der Waals surface area contributed by atoms with Gasteiger partial charge in [-0.15, -0.1) is 0 Å². The average molecular weight is 395 g/mol. The fourth-order valence-corrected chi connectivity index (χ4v) is 6.50. The molecule has 2 aliphatic heterocycles. The zero-order valence-electron chi connectivity index (χ0n) is 15.0. The molecule has 0 bridgehead atoms. The summed E-state index contributed by atoms with van der Waals surface area (Å²) in [6.07, 6.45) is 3.22. The predicted octanol–water partition coefficient (Wildman–Crippen LogP) is 3.04. The largest absolute Gasteiger partial charge is 0.296 e. The second-order valence-corrected chi connectivity index (χ2v) is 9.46. The Kier molecular flexibility index (Phi) is 4.03. The highest BCUT2D eigenvalue weighted by Gasteiger charge is 2.50. The first-order chi connectivity index (χ1) is 13.5. The molecule has 5 rings (SSSR count). The Morgan fingerprint density at radius 1 is 1.04 bits per heavy atom. The smallest absolute Gasteiger partial charge is 0.212 e. The molecule has 1 aromatic carbocycles. The maximum Gasteiger partial charge on any atom is 0.212 e. The van der Waals surface area contributed by atoms with Gasteiger partial charge in [0.05, 0.1) is 15.8 Å². The molecule has 0 aliphatic carbocycles. The van der Waals surface area contributed by atoms with Gasteiger partial charge < -0.3 is 0 Å². The van der Waals surface area contributed by atoms with E-state index in [4.69, 9.17) is 0 Å². The molecule has 2 aliphatic rings. The van der Waals surface area contributed by atoms with Crippen molar-refractivity contribution in [1.29, 1.82) is 0 Å². The molecule has 4 heterocycles. The van der Waals surface area contributed by atoms with Crippen molar-refractivity contribution < 1.29 is 12.8 Å². The van der Waals surface area contributed by atoms with Crippen molar-refractivity contribution in [3.8, 4) is 11.1 Å². The van der Waals surface area contributed by atoms with Gasteiger partial charge in [-0.2, -0.15) is 4.39 Å². The van der Waals surface area contributed by atoms with E-state index in [9.17, 15) is 12.8 Å². The zero-order valence-corrected chi connectivity index (χ0v) is 15.8. The molecule has 0 spiro atoms. The van der Waals surface area contributed by atoms with Crippen molar-refractivity contribution >= 4 is 9.84 Å². The van der Waals surface area contributed by atoms with Gasteiger partial charge in [0, 0.05) is 43.5 Å². The molecule has 0 amide bonds. The van der Waals surface area contributed by atoms with E-state index >= 15 is 0 Å². The lowest BCUT2D eigenvalue weighted by molar-refractivity contribution is 0.321. The first-order valence-corrected chi connectivity index (χ1v) is 10.7. The number of sulfone groups is 1. The van der Waals surface area contributed by atoms with Gasteiger partial charge in [-0.1, -0.05) is 12.1 Å². The molecule has 28 heavy (non-hydrogen) atoms. The van der Waals surface area contributed by atoms with Gasteiger partial charge in [-0.05, 0) is 47.5 Å². The van der Waals surface area contributed by atoms with Gasteiger partial charge in [0.2, 0.25) is 5.95 Å². The summed E-state index contributed by atoms with van der Waals surface area (Å²) in [5.74, 6) is -0.592. The molecule has 1 fully saturated rings. The minimum Gasteiger partial charge on any atom is -0.296 e. The van der Waals surface area contributed by atoms with Crippen LogP contribution in [0.1, 0.15) is 17.2 Å². The lowest BCUT2D eigenvalue weighted by Gasteiger charge is -2.17. The number of aromatic nitrogens is 2. The van der Waals surface area contributed by atoms with E-state index in [-0.39, 0.29) is 5.92 Å². The number of pyridine rings is 2. The molecular weight excluding hydrogens is 377 g/mol. The quantitative estimate of drug-likeness (QED) is 0.638. The van der Waals surface area contributed by atoms with E-state index in [2.05, 4.69) is 14.9 Å². The Labute approximate surface area is 162 Å². The fourth-order valence-electron chi connectivity index (χ4n) is 4.30. The summed E-state index contributed by atoms with van der Waals surface area (Å²) in [5.41, 5.74) is 3.42. The molecule has 0 radical (unpaired) electrons. The van der Waals surface area contributed by atoms with Crippen LogP contribution in [-0.2, 0) is 16.4 Å². The van der Waals surface area contributed by atoms with Gasteiger partial charge in [0.1, 0.15) is 0 Å². The highest BCUT2D eigenvalue weighted by atomic mass is 32.2. The number of nitrogens with zero attached hydrogens (tertiary/aromatic N) is 3. The first kappa shape index (κ1) is 17.5. The second kappa shape index (κ2) is 6.46. The van der Waals surface area contributed by atoms with E-state index in [1.54, 1.807) is 24.4 Å². The summed E-state index contributed by atoms with van der Waals surface area (Å²) in [5, 5.41) is -0.423. The van der Waals surface area contributed by atoms with Crippen LogP contribution in [0.15, 0.2) is 65.8 Å². The standard InChI is InChI=1S/C21H18FN3O2S/c22-21-7-5-15(10-24-21)14-4-6-19-17(9-14)18-12-25(13-20(18)28(19,26)27)11-16-3-1-2-8-23-16/h1-10,18,20H,11-13H2/t18-,20-/m0/s1. The van der Waals surface area contributed by atoms with Crippen LogP contribution in [0.3, 0.4) is 0 Å². The predicted molar refractivity (Wildman–Crippen MR) is 103 cm³/mol. The summed E-state index contributed by atoms with van der Waals surface area (Å²) in [4.78, 5) is 10.6. The Bertz CT molecular complexity index is 1130. The summed E-state index contributed by atoms with van der Waals surface area (Å²) >= 11 is 0. The van der Waals surface area contributed by atoms with Gasteiger partial charge >= 0.3 is 0 Å². The average Bonchev–Trinajstić information content (AvgIpc) is 3.21. The highest BCUT2D eigenvalue weighted by Crippen LogP contribution is 2.46. The topological polar surface area (TPSA) is 63.2 Å². The number of benzene rings is 1. The molecule has 3 aromatic rings. The van der Waals surface area contributed by atoms with Gasteiger partial charge in [-0.25, -0.2) is 13.4 Å². The van der Waals surface area contributed by atoms with Gasteiger partial charge in [0.15, 0.2) is 9.84 Å². The van der Waals surface area contributed by atoms with Crippen LogP contribution >= 0.6 is 0 Å². The van der Waals surface area contributed by atoms with E-state index in [1.165, 1.54) is 12.3 Å². The third-order valence-corrected chi connectivity index (χ3v) is 7.89. The molecule has 0 N–H and O–H groups in total. The molecule has 0 saturated carbocycles. The Morgan fingerprint density at radius 3 is 2.64 bits per heavy atom. The number of hydrogen-bond acceptors (Lipinski definition) is 5. The normalized spacial score (nSPS) is 22.8. The summed E-state index contributed by atoms with van der Waals surface area (Å²) in [6, 6.07) is 14.1. The molecular formula is C21H18FN3O2S. The highest BCUT2D eigenvalue weighted by molar-refractivity contribution is 7.92. The Balaban J connectivity index is 1.48. The number of halogens is 1. The fraction of sp³-hybridized carbons (Fsp3) is 0.238.